The topological polar surface area (TPSA) is 42.4 Å². The highest BCUT2D eigenvalue weighted by molar-refractivity contribution is 6.41. The minimum absolute atomic E-state index is 0.0996. The molecule has 0 bridgehead atoms. The standard InChI is InChI=1S/C12H14Cl2N2O2/c1-12(2)7-16(3-4-18-12)11(17)8-5-9(13)10(14)15-6-8/h5-6H,3-4,7H2,1-2H3. The summed E-state index contributed by atoms with van der Waals surface area (Å²) in [5.41, 5.74) is 0.125. The molecule has 0 N–H and O–H groups in total. The Bertz CT molecular complexity index is 477. The molecule has 0 aromatic carbocycles. The van der Waals surface area contributed by atoms with Crippen LogP contribution in [0, 0.1) is 0 Å². The summed E-state index contributed by atoms with van der Waals surface area (Å²) in [6.07, 6.45) is 1.44. The Morgan fingerprint density at radius 1 is 1.50 bits per heavy atom. The number of ether oxygens (including phenoxy) is 1. The number of hydrogen-bond acceptors (Lipinski definition) is 3. The number of pyridine rings is 1. The molecule has 1 aromatic heterocycles. The zero-order chi connectivity index (χ0) is 13.3. The lowest BCUT2D eigenvalue weighted by atomic mass is 10.1. The van der Waals surface area contributed by atoms with Gasteiger partial charge in [0.15, 0.2) is 0 Å². The Morgan fingerprint density at radius 3 is 2.83 bits per heavy atom. The van der Waals surface area contributed by atoms with Gasteiger partial charge in [-0.05, 0) is 19.9 Å². The Hall–Kier alpha value is -0.840. The Balaban J connectivity index is 2.18. The van der Waals surface area contributed by atoms with Gasteiger partial charge >= 0.3 is 0 Å². The van der Waals surface area contributed by atoms with Crippen molar-refractivity contribution in [3.05, 3.63) is 28.0 Å². The maximum Gasteiger partial charge on any atom is 0.255 e. The lowest BCUT2D eigenvalue weighted by Gasteiger charge is -2.38. The molecule has 0 saturated carbocycles. The highest BCUT2D eigenvalue weighted by Crippen LogP contribution is 2.22. The minimum atomic E-state index is -0.322. The Kier molecular flexibility index (Phi) is 3.80. The highest BCUT2D eigenvalue weighted by atomic mass is 35.5. The number of nitrogens with zero attached hydrogens (tertiary/aromatic N) is 2. The van der Waals surface area contributed by atoms with Gasteiger partial charge in [0.25, 0.3) is 5.91 Å². The molecule has 1 aliphatic rings. The molecule has 2 heterocycles. The van der Waals surface area contributed by atoms with Gasteiger partial charge in [0.1, 0.15) is 5.15 Å². The molecule has 4 nitrogen and oxygen atoms in total. The van der Waals surface area contributed by atoms with Gasteiger partial charge in [0.2, 0.25) is 0 Å². The first kappa shape index (κ1) is 13.6. The van der Waals surface area contributed by atoms with E-state index in [0.717, 1.165) is 0 Å². The normalized spacial score (nSPS) is 18.8. The van der Waals surface area contributed by atoms with Crippen LogP contribution in [0.1, 0.15) is 24.2 Å². The summed E-state index contributed by atoms with van der Waals surface area (Å²) in [6, 6.07) is 1.54. The summed E-state index contributed by atoms with van der Waals surface area (Å²) >= 11 is 11.6. The first-order valence-electron chi connectivity index (χ1n) is 5.63. The molecule has 18 heavy (non-hydrogen) atoms. The summed E-state index contributed by atoms with van der Waals surface area (Å²) in [4.78, 5) is 17.9. The van der Waals surface area contributed by atoms with Gasteiger partial charge in [-0.3, -0.25) is 4.79 Å². The van der Waals surface area contributed by atoms with E-state index in [-0.39, 0.29) is 21.7 Å². The predicted octanol–water partition coefficient (Wildman–Crippen LogP) is 2.64. The van der Waals surface area contributed by atoms with E-state index in [1.165, 1.54) is 6.20 Å². The summed E-state index contributed by atoms with van der Waals surface area (Å²) in [5.74, 6) is -0.0996. The zero-order valence-electron chi connectivity index (χ0n) is 10.2. The summed E-state index contributed by atoms with van der Waals surface area (Å²) in [5, 5.41) is 0.491. The van der Waals surface area contributed by atoms with Crippen molar-refractivity contribution in [3.63, 3.8) is 0 Å². The molecule has 2 rings (SSSR count). The summed E-state index contributed by atoms with van der Waals surface area (Å²) in [6.45, 7) is 5.57. The lowest BCUT2D eigenvalue weighted by Crippen LogP contribution is -2.50. The van der Waals surface area contributed by atoms with Crippen molar-refractivity contribution in [2.24, 2.45) is 0 Å². The van der Waals surface area contributed by atoms with Crippen molar-refractivity contribution in [3.8, 4) is 0 Å². The largest absolute Gasteiger partial charge is 0.372 e. The van der Waals surface area contributed by atoms with Crippen molar-refractivity contribution in [1.29, 1.82) is 0 Å². The highest BCUT2D eigenvalue weighted by Gasteiger charge is 2.30. The van der Waals surface area contributed by atoms with Gasteiger partial charge in [-0.15, -0.1) is 0 Å². The first-order chi connectivity index (χ1) is 8.39. The molecule has 1 aromatic rings. The summed E-state index contributed by atoms with van der Waals surface area (Å²) in [7, 11) is 0. The number of aromatic nitrogens is 1. The van der Waals surface area contributed by atoms with Crippen LogP contribution < -0.4 is 0 Å². The monoisotopic (exact) mass is 288 g/mol. The minimum Gasteiger partial charge on any atom is -0.372 e. The second kappa shape index (κ2) is 5.03. The van der Waals surface area contributed by atoms with Crippen LogP contribution in [0.15, 0.2) is 12.3 Å². The third kappa shape index (κ3) is 2.94. The second-order valence-corrected chi connectivity index (χ2v) is 5.60. The first-order valence-corrected chi connectivity index (χ1v) is 6.39. The van der Waals surface area contributed by atoms with E-state index in [0.29, 0.717) is 25.3 Å². The van der Waals surface area contributed by atoms with E-state index in [2.05, 4.69) is 4.98 Å². The van der Waals surface area contributed by atoms with Gasteiger partial charge in [-0.1, -0.05) is 23.2 Å². The average Bonchev–Trinajstić information content (AvgIpc) is 2.30. The number of rotatable bonds is 1. The van der Waals surface area contributed by atoms with E-state index < -0.39 is 0 Å². The number of carbonyl (C=O) groups excluding carboxylic acids is 1. The molecular weight excluding hydrogens is 275 g/mol. The fourth-order valence-electron chi connectivity index (χ4n) is 1.91. The number of amides is 1. The van der Waals surface area contributed by atoms with Crippen molar-refractivity contribution < 1.29 is 9.53 Å². The molecule has 1 fully saturated rings. The second-order valence-electron chi connectivity index (χ2n) is 4.83. The molecule has 0 atom stereocenters. The van der Waals surface area contributed by atoms with Gasteiger partial charge in [0.05, 0.1) is 22.8 Å². The van der Waals surface area contributed by atoms with Crippen LogP contribution in [0.4, 0.5) is 0 Å². The van der Waals surface area contributed by atoms with Gasteiger partial charge in [-0.2, -0.15) is 0 Å². The third-order valence-corrected chi connectivity index (χ3v) is 3.44. The SMILES string of the molecule is CC1(C)CN(C(=O)c2cnc(Cl)c(Cl)c2)CCO1. The Labute approximate surface area is 116 Å². The molecule has 0 unspecified atom stereocenters. The molecule has 1 aliphatic heterocycles. The van der Waals surface area contributed by atoms with Crippen LogP contribution in [0.2, 0.25) is 10.2 Å². The van der Waals surface area contributed by atoms with Crippen molar-refractivity contribution in [1.82, 2.24) is 9.88 Å². The fourth-order valence-corrected chi connectivity index (χ4v) is 2.18. The van der Waals surface area contributed by atoms with E-state index in [1.807, 2.05) is 13.8 Å². The average molecular weight is 289 g/mol. The third-order valence-electron chi connectivity index (χ3n) is 2.76. The van der Waals surface area contributed by atoms with Gasteiger partial charge < -0.3 is 9.64 Å². The van der Waals surface area contributed by atoms with E-state index in [9.17, 15) is 4.79 Å². The maximum atomic E-state index is 12.3. The quantitative estimate of drug-likeness (QED) is 0.746. The van der Waals surface area contributed by atoms with Gasteiger partial charge in [-0.25, -0.2) is 4.98 Å². The van der Waals surface area contributed by atoms with Gasteiger partial charge in [0, 0.05) is 19.3 Å². The maximum absolute atomic E-state index is 12.3. The lowest BCUT2D eigenvalue weighted by molar-refractivity contribution is -0.0764. The molecule has 1 amide bonds. The van der Waals surface area contributed by atoms with Crippen molar-refractivity contribution >= 4 is 29.1 Å². The number of carbonyl (C=O) groups is 1. The van der Waals surface area contributed by atoms with E-state index in [4.69, 9.17) is 27.9 Å². The number of morpholine rings is 1. The summed E-state index contributed by atoms with van der Waals surface area (Å²) < 4.78 is 5.57. The molecule has 0 aliphatic carbocycles. The number of hydrogen-bond donors (Lipinski definition) is 0. The molecule has 1 saturated heterocycles. The Morgan fingerprint density at radius 2 is 2.22 bits per heavy atom. The molecule has 98 valence electrons. The van der Waals surface area contributed by atoms with Crippen LogP contribution >= 0.6 is 23.2 Å². The smallest absolute Gasteiger partial charge is 0.255 e. The molecule has 6 heteroatoms. The van der Waals surface area contributed by atoms with Crippen molar-refractivity contribution in [2.45, 2.75) is 19.4 Å². The van der Waals surface area contributed by atoms with Crippen molar-refractivity contribution in [2.75, 3.05) is 19.7 Å². The molecule has 0 radical (unpaired) electrons. The van der Waals surface area contributed by atoms with E-state index >= 15 is 0 Å². The number of halogens is 2. The van der Waals surface area contributed by atoms with E-state index in [1.54, 1.807) is 11.0 Å². The van der Waals surface area contributed by atoms with Crippen LogP contribution in [0.5, 0.6) is 0 Å². The van der Waals surface area contributed by atoms with Crippen LogP contribution in [-0.4, -0.2) is 41.1 Å². The fraction of sp³-hybridized carbons (Fsp3) is 0.500. The predicted molar refractivity (Wildman–Crippen MR) is 70.2 cm³/mol. The molecular formula is C12H14Cl2N2O2. The van der Waals surface area contributed by atoms with Crippen LogP contribution in [0.3, 0.4) is 0 Å². The molecule has 0 spiro atoms. The van der Waals surface area contributed by atoms with Crippen LogP contribution in [0.25, 0.3) is 0 Å². The van der Waals surface area contributed by atoms with Crippen LogP contribution in [-0.2, 0) is 4.74 Å². The zero-order valence-corrected chi connectivity index (χ0v) is 11.8.